The molecule has 0 fully saturated rings. The lowest BCUT2D eigenvalue weighted by atomic mass is 9.69. The van der Waals surface area contributed by atoms with Crippen molar-refractivity contribution in [2.45, 2.75) is 63.1 Å². The first kappa shape index (κ1) is 38.8. The van der Waals surface area contributed by atoms with Crippen molar-refractivity contribution in [3.05, 3.63) is 46.1 Å². The minimum atomic E-state index is -3.32. The number of ketones is 2. The van der Waals surface area contributed by atoms with Crippen molar-refractivity contribution < 1.29 is 59.1 Å². The molecule has 2 aromatic heterocycles. The quantitative estimate of drug-likeness (QED) is 0.0720. The molecule has 1 amide bonds. The molecule has 3 rings (SSSR count). The average Bonchev–Trinajstić information content (AvgIpc) is 3.45. The van der Waals surface area contributed by atoms with Gasteiger partial charge in [0.05, 0.1) is 17.5 Å². The zero-order valence-electron chi connectivity index (χ0n) is 26.1. The van der Waals surface area contributed by atoms with Gasteiger partial charge in [-0.05, 0) is 48.9 Å². The number of nitrogens with two attached hydrogens (primary N) is 3. The SMILES string of the molecule is Nc1nc(O)c2c(CCc3ccc(C(=O)N[C@@H](CCC(=O)O)C(=O)C(C[C@H](N)C(=O)O)(C(=O)O)C(=O)[C@@H](N)CCC(=O)O)cc3Cl)c[nH]c2n1. The van der Waals surface area contributed by atoms with Crippen LogP contribution in [0.4, 0.5) is 5.95 Å². The molecule has 2 heterocycles. The van der Waals surface area contributed by atoms with Gasteiger partial charge in [-0.3, -0.25) is 33.6 Å². The Kier molecular flexibility index (Phi) is 12.5. The Hall–Kier alpha value is -5.66. The third-order valence-corrected chi connectivity index (χ3v) is 8.27. The van der Waals surface area contributed by atoms with Crippen LogP contribution in [-0.2, 0) is 41.6 Å². The van der Waals surface area contributed by atoms with Gasteiger partial charge in [0.15, 0.2) is 17.0 Å². The first-order valence-electron chi connectivity index (χ1n) is 14.8. The van der Waals surface area contributed by atoms with Gasteiger partial charge in [0.2, 0.25) is 11.8 Å². The van der Waals surface area contributed by atoms with E-state index in [-0.39, 0.29) is 22.4 Å². The molecule has 1 aromatic carbocycles. The fourth-order valence-corrected chi connectivity index (χ4v) is 5.57. The van der Waals surface area contributed by atoms with E-state index in [0.29, 0.717) is 35.0 Å². The summed E-state index contributed by atoms with van der Waals surface area (Å²) in [5.74, 6) is -11.5. The summed E-state index contributed by atoms with van der Waals surface area (Å²) in [4.78, 5) is 98.3. The number of rotatable bonds is 19. The molecule has 3 aromatic rings. The van der Waals surface area contributed by atoms with Gasteiger partial charge in [0, 0.05) is 36.0 Å². The van der Waals surface area contributed by atoms with Gasteiger partial charge >= 0.3 is 23.9 Å². The highest BCUT2D eigenvalue weighted by Crippen LogP contribution is 2.33. The molecule has 13 N–H and O–H groups in total. The van der Waals surface area contributed by atoms with Crippen molar-refractivity contribution in [3.63, 3.8) is 0 Å². The number of nitrogens with one attached hydrogen (secondary N) is 2. The number of H-pyrrole nitrogens is 1. The summed E-state index contributed by atoms with van der Waals surface area (Å²) >= 11 is 6.44. The Morgan fingerprint density at radius 2 is 1.50 bits per heavy atom. The van der Waals surface area contributed by atoms with Crippen LogP contribution in [-0.4, -0.2) is 100.0 Å². The molecule has 0 radical (unpaired) electrons. The lowest BCUT2D eigenvalue weighted by Gasteiger charge is -2.33. The standard InChI is InChI=1S/C30H34ClN7O12/c31-15-9-13(3-1-12(15)2-4-14-11-35-24-21(14)26(46)38-29(34)37-24)25(45)36-18(6-8-20(41)42)23(44)30(28(49)50,10-17(33)27(47)48)22(43)16(32)5-7-19(39)40/h1,3,9,11,16-18H,2,4-8,10,32-33H2,(H,36,45)(H,39,40)(H,41,42)(H,47,48)(H,49,50)(H4,34,35,37,38,46)/t16-,17-,18-,30?/m0/s1. The number of anilines is 1. The van der Waals surface area contributed by atoms with Crippen molar-refractivity contribution in [2.75, 3.05) is 5.73 Å². The maximum Gasteiger partial charge on any atom is 0.325 e. The number of hydrogen-bond acceptors (Lipinski definition) is 13. The number of fused-ring (bicyclic) bond motifs is 1. The largest absolute Gasteiger partial charge is 0.493 e. The number of carbonyl (C=O) groups is 7. The maximum absolute atomic E-state index is 14.0. The van der Waals surface area contributed by atoms with Crippen LogP contribution < -0.4 is 22.5 Å². The fourth-order valence-electron chi connectivity index (χ4n) is 5.29. The number of nitrogens with zero attached hydrogens (tertiary/aromatic N) is 2. The van der Waals surface area contributed by atoms with Crippen LogP contribution in [0.2, 0.25) is 5.02 Å². The summed E-state index contributed by atoms with van der Waals surface area (Å²) in [6.07, 6.45) is -2.02. The second-order valence-electron chi connectivity index (χ2n) is 11.3. The molecule has 20 heteroatoms. The summed E-state index contributed by atoms with van der Waals surface area (Å²) in [5, 5.41) is 50.8. The van der Waals surface area contributed by atoms with Crippen LogP contribution in [0.15, 0.2) is 24.4 Å². The molecule has 268 valence electrons. The number of aromatic amines is 1. The van der Waals surface area contributed by atoms with Gasteiger partial charge < -0.3 is 53.0 Å². The molecule has 0 saturated carbocycles. The minimum Gasteiger partial charge on any atom is -0.493 e. The number of Topliss-reactive ketones (excluding diaryl/α,β-unsaturated/α-hetero) is 2. The van der Waals surface area contributed by atoms with E-state index in [1.54, 1.807) is 6.20 Å². The highest BCUT2D eigenvalue weighted by atomic mass is 35.5. The van der Waals surface area contributed by atoms with Crippen LogP contribution in [0.5, 0.6) is 5.88 Å². The van der Waals surface area contributed by atoms with E-state index in [1.807, 2.05) is 0 Å². The van der Waals surface area contributed by atoms with Gasteiger partial charge in [0.1, 0.15) is 11.7 Å². The third kappa shape index (κ3) is 8.87. The molecule has 0 bridgehead atoms. The molecule has 0 aliphatic carbocycles. The van der Waals surface area contributed by atoms with E-state index in [4.69, 9.17) is 33.9 Å². The number of carbonyl (C=O) groups excluding carboxylic acids is 3. The predicted molar refractivity (Wildman–Crippen MR) is 172 cm³/mol. The normalized spacial score (nSPS) is 14.2. The number of aromatic nitrogens is 3. The molecule has 4 atom stereocenters. The number of aliphatic carboxylic acids is 4. The summed E-state index contributed by atoms with van der Waals surface area (Å²) in [7, 11) is 0. The van der Waals surface area contributed by atoms with E-state index < -0.39 is 97.0 Å². The molecular weight excluding hydrogens is 686 g/mol. The maximum atomic E-state index is 14.0. The van der Waals surface area contributed by atoms with E-state index in [1.165, 1.54) is 18.2 Å². The van der Waals surface area contributed by atoms with Crippen LogP contribution in [0.1, 0.15) is 53.6 Å². The summed E-state index contributed by atoms with van der Waals surface area (Å²) in [6.45, 7) is 0. The molecule has 1 unspecified atom stereocenters. The van der Waals surface area contributed by atoms with Crippen molar-refractivity contribution in [2.24, 2.45) is 16.9 Å². The van der Waals surface area contributed by atoms with Crippen LogP contribution in [0, 0.1) is 5.41 Å². The molecule has 0 spiro atoms. The molecular formula is C30H34ClN7O12. The third-order valence-electron chi connectivity index (χ3n) is 7.91. The smallest absolute Gasteiger partial charge is 0.325 e. The number of amides is 1. The Labute approximate surface area is 286 Å². The first-order valence-corrected chi connectivity index (χ1v) is 15.2. The van der Waals surface area contributed by atoms with Crippen molar-refractivity contribution >= 4 is 69.9 Å². The summed E-state index contributed by atoms with van der Waals surface area (Å²) in [6, 6.07) is -2.01. The number of halogens is 1. The number of carboxylic acids is 4. The molecule has 19 nitrogen and oxygen atoms in total. The summed E-state index contributed by atoms with van der Waals surface area (Å²) in [5.41, 5.74) is 14.9. The van der Waals surface area contributed by atoms with E-state index in [9.17, 15) is 54.0 Å². The van der Waals surface area contributed by atoms with Gasteiger partial charge in [-0.2, -0.15) is 9.97 Å². The molecule has 0 aliphatic heterocycles. The van der Waals surface area contributed by atoms with Gasteiger partial charge in [0.25, 0.3) is 5.91 Å². The second-order valence-corrected chi connectivity index (χ2v) is 11.7. The number of hydrogen-bond donors (Lipinski definition) is 10. The number of aryl methyl sites for hydroxylation is 2. The highest BCUT2D eigenvalue weighted by Gasteiger charge is 2.57. The molecule has 0 saturated heterocycles. The van der Waals surface area contributed by atoms with Crippen LogP contribution in [0.3, 0.4) is 0 Å². The number of carboxylic acid groups (broad SMARTS) is 4. The Morgan fingerprint density at radius 3 is 2.08 bits per heavy atom. The van der Waals surface area contributed by atoms with Crippen molar-refractivity contribution in [1.82, 2.24) is 20.3 Å². The predicted octanol–water partition coefficient (Wildman–Crippen LogP) is -0.149. The van der Waals surface area contributed by atoms with Crippen LogP contribution >= 0.6 is 11.6 Å². The van der Waals surface area contributed by atoms with Gasteiger partial charge in [-0.1, -0.05) is 17.7 Å². The monoisotopic (exact) mass is 719 g/mol. The zero-order chi connectivity index (χ0) is 37.5. The number of aromatic hydroxyl groups is 1. The Balaban J connectivity index is 1.93. The Morgan fingerprint density at radius 1 is 0.880 bits per heavy atom. The van der Waals surface area contributed by atoms with Crippen LogP contribution in [0.25, 0.3) is 11.0 Å². The number of benzene rings is 1. The van der Waals surface area contributed by atoms with Gasteiger partial charge in [-0.15, -0.1) is 0 Å². The van der Waals surface area contributed by atoms with E-state index in [2.05, 4.69) is 20.3 Å². The Bertz CT molecular complexity index is 1850. The van der Waals surface area contributed by atoms with E-state index in [0.717, 1.165) is 0 Å². The molecule has 50 heavy (non-hydrogen) atoms. The van der Waals surface area contributed by atoms with E-state index >= 15 is 0 Å². The summed E-state index contributed by atoms with van der Waals surface area (Å²) < 4.78 is 0. The van der Waals surface area contributed by atoms with Gasteiger partial charge in [-0.25, -0.2) is 0 Å². The fraction of sp³-hybridized carbons (Fsp3) is 0.367. The second kappa shape index (κ2) is 16.2. The zero-order valence-corrected chi connectivity index (χ0v) is 26.8. The minimum absolute atomic E-state index is 0.0857. The highest BCUT2D eigenvalue weighted by molar-refractivity contribution is 6.31. The van der Waals surface area contributed by atoms with Crippen molar-refractivity contribution in [1.29, 1.82) is 0 Å². The van der Waals surface area contributed by atoms with Crippen molar-refractivity contribution in [3.8, 4) is 5.88 Å². The lowest BCUT2D eigenvalue weighted by Crippen LogP contribution is -2.61. The first-order chi connectivity index (χ1) is 23.4. The number of nitrogen functional groups attached to an aromatic ring is 1. The lowest BCUT2D eigenvalue weighted by molar-refractivity contribution is -0.162. The average molecular weight is 720 g/mol. The topological polar surface area (TPSA) is 352 Å². The molecule has 0 aliphatic rings.